The molecule has 0 bridgehead atoms. The Kier molecular flexibility index (Phi) is 5.07. The van der Waals surface area contributed by atoms with Crippen molar-refractivity contribution in [3.05, 3.63) is 63.5 Å². The van der Waals surface area contributed by atoms with Gasteiger partial charge in [-0.1, -0.05) is 58.9 Å². The number of ether oxygens (including phenoxy) is 3. The second-order valence-corrected chi connectivity index (χ2v) is 12.3. The van der Waals surface area contributed by atoms with E-state index < -0.39 is 11.7 Å². The number of benzene rings is 1. The van der Waals surface area contributed by atoms with Gasteiger partial charge in [0.25, 0.3) is 0 Å². The zero-order chi connectivity index (χ0) is 23.9. The van der Waals surface area contributed by atoms with Crippen LogP contribution >= 0.6 is 0 Å². The van der Waals surface area contributed by atoms with Crippen molar-refractivity contribution in [1.82, 2.24) is 4.98 Å². The lowest BCUT2D eigenvalue weighted by atomic mass is 9.70. The maximum absolute atomic E-state index is 11.4. The molecule has 0 radical (unpaired) electrons. The number of nitrogens with zero attached hydrogens (tertiary/aromatic N) is 1. The summed E-state index contributed by atoms with van der Waals surface area (Å²) < 4.78 is 18.4. The summed E-state index contributed by atoms with van der Waals surface area (Å²) in [6, 6.07) is 8.89. The molecular weight excluding hydrogens is 426 g/mol. The lowest BCUT2D eigenvalue weighted by molar-refractivity contribution is -0.0654. The van der Waals surface area contributed by atoms with E-state index >= 15 is 0 Å². The van der Waals surface area contributed by atoms with Crippen molar-refractivity contribution in [3.63, 3.8) is 0 Å². The van der Waals surface area contributed by atoms with E-state index in [0.717, 1.165) is 55.0 Å². The minimum absolute atomic E-state index is 0.0251. The molecule has 1 aliphatic carbocycles. The van der Waals surface area contributed by atoms with E-state index in [-0.39, 0.29) is 22.9 Å². The van der Waals surface area contributed by atoms with E-state index in [1.165, 1.54) is 16.7 Å². The maximum Gasteiger partial charge on any atom is 0.121 e. The molecular formula is C29H37NO4. The largest absolute Gasteiger partial charge is 0.388 e. The van der Waals surface area contributed by atoms with E-state index in [0.29, 0.717) is 13.2 Å². The maximum atomic E-state index is 11.4. The van der Waals surface area contributed by atoms with Crippen molar-refractivity contribution in [3.8, 4) is 0 Å². The molecule has 1 spiro atoms. The Morgan fingerprint density at radius 3 is 2.32 bits per heavy atom. The molecule has 2 saturated heterocycles. The van der Waals surface area contributed by atoms with Crippen molar-refractivity contribution in [2.24, 2.45) is 5.41 Å². The number of aromatic nitrogens is 1. The average Bonchev–Trinajstić information content (AvgIpc) is 3.36. The van der Waals surface area contributed by atoms with Gasteiger partial charge in [0.2, 0.25) is 0 Å². The SMILES string of the molecule is CC(C)c1nc2c(c3c1[C@@H](c1ccc(C4(C)COC4)cc1)OC31CCOC1)C(O)CC(C)(C)C2. The van der Waals surface area contributed by atoms with Gasteiger partial charge in [0, 0.05) is 46.5 Å². The second-order valence-electron chi connectivity index (χ2n) is 12.3. The third-order valence-electron chi connectivity index (χ3n) is 8.45. The number of hydrogen-bond acceptors (Lipinski definition) is 5. The Labute approximate surface area is 202 Å². The Hall–Kier alpha value is -1.79. The van der Waals surface area contributed by atoms with Crippen LogP contribution in [-0.4, -0.2) is 36.5 Å². The standard InChI is InChI=1S/C29H37NO4/c1-17(2)25-23-24(22-20(30-25)12-27(3,4)13-21(22)31)29(10-11-32-16-29)34-26(23)18-6-8-19(9-7-18)28(5)14-33-15-28/h6-9,17,21,26,31H,10-16H2,1-5H3/t21?,26-,29?/m1/s1. The fourth-order valence-corrected chi connectivity index (χ4v) is 6.57. The van der Waals surface area contributed by atoms with Gasteiger partial charge in [-0.05, 0) is 35.3 Å². The first-order valence-corrected chi connectivity index (χ1v) is 12.8. The first-order valence-electron chi connectivity index (χ1n) is 12.8. The highest BCUT2D eigenvalue weighted by Crippen LogP contribution is 2.57. The summed E-state index contributed by atoms with van der Waals surface area (Å²) in [7, 11) is 0. The molecule has 4 heterocycles. The van der Waals surface area contributed by atoms with Gasteiger partial charge < -0.3 is 19.3 Å². The minimum Gasteiger partial charge on any atom is -0.388 e. The van der Waals surface area contributed by atoms with Gasteiger partial charge >= 0.3 is 0 Å². The molecule has 0 amide bonds. The van der Waals surface area contributed by atoms with E-state index in [1.54, 1.807) is 0 Å². The molecule has 3 aliphatic heterocycles. The van der Waals surface area contributed by atoms with E-state index in [9.17, 15) is 5.11 Å². The summed E-state index contributed by atoms with van der Waals surface area (Å²) in [6.45, 7) is 13.9. The van der Waals surface area contributed by atoms with Gasteiger partial charge in [0.05, 0.1) is 25.9 Å². The van der Waals surface area contributed by atoms with Crippen LogP contribution in [0.2, 0.25) is 0 Å². The molecule has 1 N–H and O–H groups in total. The van der Waals surface area contributed by atoms with Gasteiger partial charge in [0.15, 0.2) is 0 Å². The summed E-state index contributed by atoms with van der Waals surface area (Å²) >= 11 is 0. The predicted molar refractivity (Wildman–Crippen MR) is 130 cm³/mol. The second kappa shape index (κ2) is 7.60. The fourth-order valence-electron chi connectivity index (χ4n) is 6.57. The van der Waals surface area contributed by atoms with Crippen LogP contribution in [0.1, 0.15) is 105 Å². The van der Waals surface area contributed by atoms with E-state index in [2.05, 4.69) is 58.9 Å². The lowest BCUT2D eigenvalue weighted by Gasteiger charge is -2.38. The minimum atomic E-state index is -0.526. The molecule has 4 aliphatic rings. The Bertz CT molecular complexity index is 1110. The van der Waals surface area contributed by atoms with Crippen molar-refractivity contribution >= 4 is 0 Å². The molecule has 2 unspecified atom stereocenters. The van der Waals surface area contributed by atoms with Crippen LogP contribution < -0.4 is 0 Å². The van der Waals surface area contributed by atoms with Crippen LogP contribution in [0.5, 0.6) is 0 Å². The number of aliphatic hydroxyl groups is 1. The predicted octanol–water partition coefficient (Wildman–Crippen LogP) is 5.23. The quantitative estimate of drug-likeness (QED) is 0.675. The van der Waals surface area contributed by atoms with Crippen molar-refractivity contribution in [1.29, 1.82) is 0 Å². The normalized spacial score (nSPS) is 30.9. The summed E-state index contributed by atoms with van der Waals surface area (Å²) in [5.41, 5.74) is 7.60. The number of rotatable bonds is 3. The average molecular weight is 464 g/mol. The molecule has 5 heteroatoms. The number of pyridine rings is 1. The molecule has 182 valence electrons. The van der Waals surface area contributed by atoms with Gasteiger partial charge in [0.1, 0.15) is 11.7 Å². The summed E-state index contributed by atoms with van der Waals surface area (Å²) in [6.07, 6.45) is 1.71. The number of aliphatic hydroxyl groups excluding tert-OH is 1. The molecule has 5 nitrogen and oxygen atoms in total. The first kappa shape index (κ1) is 22.7. The third kappa shape index (κ3) is 3.31. The zero-order valence-corrected chi connectivity index (χ0v) is 21.1. The van der Waals surface area contributed by atoms with Gasteiger partial charge in [-0.2, -0.15) is 0 Å². The molecule has 2 aromatic rings. The number of hydrogen-bond donors (Lipinski definition) is 1. The topological polar surface area (TPSA) is 60.8 Å². The van der Waals surface area contributed by atoms with Crippen LogP contribution in [-0.2, 0) is 31.6 Å². The molecule has 0 saturated carbocycles. The third-order valence-corrected chi connectivity index (χ3v) is 8.45. The summed E-state index contributed by atoms with van der Waals surface area (Å²) in [5, 5.41) is 11.4. The first-order chi connectivity index (χ1) is 16.1. The highest BCUT2D eigenvalue weighted by molar-refractivity contribution is 5.54. The Morgan fingerprint density at radius 2 is 1.74 bits per heavy atom. The number of fused-ring (bicyclic) bond motifs is 4. The highest BCUT2D eigenvalue weighted by atomic mass is 16.6. The van der Waals surface area contributed by atoms with Crippen LogP contribution in [0.15, 0.2) is 24.3 Å². The smallest absolute Gasteiger partial charge is 0.121 e. The Balaban J connectivity index is 1.53. The van der Waals surface area contributed by atoms with Gasteiger partial charge in [-0.25, -0.2) is 0 Å². The highest BCUT2D eigenvalue weighted by Gasteiger charge is 2.53. The molecule has 34 heavy (non-hydrogen) atoms. The van der Waals surface area contributed by atoms with Crippen LogP contribution in [0.4, 0.5) is 0 Å². The van der Waals surface area contributed by atoms with Crippen LogP contribution in [0.25, 0.3) is 0 Å². The molecule has 1 aromatic carbocycles. The van der Waals surface area contributed by atoms with E-state index in [1.807, 2.05) is 0 Å². The van der Waals surface area contributed by atoms with Gasteiger partial charge in [-0.15, -0.1) is 0 Å². The Morgan fingerprint density at radius 1 is 1.00 bits per heavy atom. The van der Waals surface area contributed by atoms with Crippen molar-refractivity contribution in [2.45, 2.75) is 83.0 Å². The van der Waals surface area contributed by atoms with Crippen LogP contribution in [0.3, 0.4) is 0 Å². The molecule has 2 fully saturated rings. The van der Waals surface area contributed by atoms with Crippen molar-refractivity contribution < 1.29 is 19.3 Å². The van der Waals surface area contributed by atoms with Crippen LogP contribution in [0, 0.1) is 5.41 Å². The molecule has 1 aromatic heterocycles. The molecule has 6 rings (SSSR count). The summed E-state index contributed by atoms with van der Waals surface area (Å²) in [4.78, 5) is 5.24. The monoisotopic (exact) mass is 463 g/mol. The fraction of sp³-hybridized carbons (Fsp3) is 0.621. The molecule has 3 atom stereocenters. The summed E-state index contributed by atoms with van der Waals surface area (Å²) in [5.74, 6) is 0.259. The van der Waals surface area contributed by atoms with Gasteiger partial charge in [-0.3, -0.25) is 4.98 Å². The zero-order valence-electron chi connectivity index (χ0n) is 21.1. The van der Waals surface area contributed by atoms with Crippen molar-refractivity contribution in [2.75, 3.05) is 26.4 Å². The van der Waals surface area contributed by atoms with E-state index in [4.69, 9.17) is 19.2 Å². The lowest BCUT2D eigenvalue weighted by Crippen LogP contribution is -2.43.